The molecule has 21 heavy (non-hydrogen) atoms. The number of hydrogen-bond donors (Lipinski definition) is 1. The van der Waals surface area contributed by atoms with Gasteiger partial charge >= 0.3 is 0 Å². The van der Waals surface area contributed by atoms with Crippen molar-refractivity contribution in [1.82, 2.24) is 9.88 Å². The van der Waals surface area contributed by atoms with E-state index in [9.17, 15) is 4.79 Å². The molecule has 2 N–H and O–H groups in total. The Morgan fingerprint density at radius 2 is 2.05 bits per heavy atom. The van der Waals surface area contributed by atoms with E-state index in [1.54, 1.807) is 35.7 Å². The molecule has 1 aromatic carbocycles. The van der Waals surface area contributed by atoms with Gasteiger partial charge in [0.15, 0.2) is 5.13 Å². The van der Waals surface area contributed by atoms with E-state index < -0.39 is 0 Å². The Hall–Kier alpha value is -1.79. The van der Waals surface area contributed by atoms with Crippen LogP contribution in [0.4, 0.5) is 10.8 Å². The summed E-state index contributed by atoms with van der Waals surface area (Å²) in [7, 11) is 0. The molecule has 0 atom stereocenters. The largest absolute Gasteiger partial charge is 0.397 e. The lowest BCUT2D eigenvalue weighted by Crippen LogP contribution is -2.48. The number of nitrogen functional groups attached to an aromatic ring is 1. The number of piperazine rings is 1. The lowest BCUT2D eigenvalue weighted by atomic mass is 10.1. The molecule has 1 aliphatic heterocycles. The van der Waals surface area contributed by atoms with Crippen molar-refractivity contribution in [2.24, 2.45) is 0 Å². The molecule has 2 aromatic rings. The molecule has 1 aliphatic rings. The second-order valence-corrected chi connectivity index (χ2v) is 6.08. The van der Waals surface area contributed by atoms with Gasteiger partial charge in [0.05, 0.1) is 16.3 Å². The third-order valence-electron chi connectivity index (χ3n) is 3.54. The highest BCUT2D eigenvalue weighted by molar-refractivity contribution is 7.13. The molecule has 0 saturated carbocycles. The zero-order chi connectivity index (χ0) is 14.8. The number of anilines is 2. The number of thiazole rings is 1. The predicted octanol–water partition coefficient (Wildman–Crippen LogP) is 2.34. The van der Waals surface area contributed by atoms with Gasteiger partial charge in [-0.05, 0) is 12.1 Å². The number of rotatable bonds is 2. The highest BCUT2D eigenvalue weighted by Gasteiger charge is 2.24. The number of carbonyl (C=O) groups is 1. The van der Waals surface area contributed by atoms with Gasteiger partial charge in [0.1, 0.15) is 0 Å². The second kappa shape index (κ2) is 5.91. The molecular formula is C14H15ClN4OS. The zero-order valence-corrected chi connectivity index (χ0v) is 12.9. The molecule has 2 heterocycles. The van der Waals surface area contributed by atoms with Gasteiger partial charge in [-0.15, -0.1) is 11.3 Å². The van der Waals surface area contributed by atoms with Crippen LogP contribution in [0.25, 0.3) is 0 Å². The summed E-state index contributed by atoms with van der Waals surface area (Å²) in [6.07, 6.45) is 1.80. The van der Waals surface area contributed by atoms with Crippen LogP contribution in [0.1, 0.15) is 10.4 Å². The maximum absolute atomic E-state index is 12.5. The molecular weight excluding hydrogens is 308 g/mol. The van der Waals surface area contributed by atoms with Crippen molar-refractivity contribution in [1.29, 1.82) is 0 Å². The third-order valence-corrected chi connectivity index (χ3v) is 4.70. The zero-order valence-electron chi connectivity index (χ0n) is 11.3. The van der Waals surface area contributed by atoms with Crippen LogP contribution in [0.2, 0.25) is 5.02 Å². The van der Waals surface area contributed by atoms with Crippen LogP contribution < -0.4 is 10.6 Å². The number of amides is 1. The number of benzene rings is 1. The van der Waals surface area contributed by atoms with Gasteiger partial charge in [0.25, 0.3) is 5.91 Å². The first-order valence-electron chi connectivity index (χ1n) is 6.64. The van der Waals surface area contributed by atoms with Crippen molar-refractivity contribution in [3.8, 4) is 0 Å². The van der Waals surface area contributed by atoms with E-state index >= 15 is 0 Å². The minimum Gasteiger partial charge on any atom is -0.397 e. The summed E-state index contributed by atoms with van der Waals surface area (Å²) in [5.41, 5.74) is 6.73. The summed E-state index contributed by atoms with van der Waals surface area (Å²) >= 11 is 7.59. The normalized spacial score (nSPS) is 15.3. The number of aromatic nitrogens is 1. The van der Waals surface area contributed by atoms with Crippen molar-refractivity contribution in [2.45, 2.75) is 0 Å². The average molecular weight is 323 g/mol. The molecule has 7 heteroatoms. The second-order valence-electron chi connectivity index (χ2n) is 4.79. The number of nitrogens with two attached hydrogens (primary N) is 1. The first kappa shape index (κ1) is 14.2. The Kier molecular flexibility index (Phi) is 3.98. The highest BCUT2D eigenvalue weighted by Crippen LogP contribution is 2.25. The first-order valence-corrected chi connectivity index (χ1v) is 7.90. The molecule has 0 spiro atoms. The van der Waals surface area contributed by atoms with Crippen LogP contribution in [0.3, 0.4) is 0 Å². The smallest absolute Gasteiger partial charge is 0.256 e. The molecule has 1 saturated heterocycles. The van der Waals surface area contributed by atoms with Crippen molar-refractivity contribution < 1.29 is 4.79 Å². The molecule has 1 fully saturated rings. The van der Waals surface area contributed by atoms with Crippen LogP contribution >= 0.6 is 22.9 Å². The third kappa shape index (κ3) is 2.82. The van der Waals surface area contributed by atoms with Crippen LogP contribution in [0, 0.1) is 0 Å². The Labute approximate surface area is 131 Å². The van der Waals surface area contributed by atoms with E-state index in [0.29, 0.717) is 29.4 Å². The number of nitrogens with zero attached hydrogens (tertiary/aromatic N) is 3. The summed E-state index contributed by atoms with van der Waals surface area (Å²) in [5.74, 6) is -0.0613. The predicted molar refractivity (Wildman–Crippen MR) is 86.1 cm³/mol. The van der Waals surface area contributed by atoms with Gasteiger partial charge in [-0.1, -0.05) is 17.7 Å². The van der Waals surface area contributed by atoms with Gasteiger partial charge in [0, 0.05) is 37.8 Å². The Morgan fingerprint density at radius 3 is 2.71 bits per heavy atom. The molecule has 1 aromatic heterocycles. The van der Waals surface area contributed by atoms with Gasteiger partial charge in [-0.2, -0.15) is 0 Å². The van der Waals surface area contributed by atoms with E-state index in [4.69, 9.17) is 17.3 Å². The monoisotopic (exact) mass is 322 g/mol. The lowest BCUT2D eigenvalue weighted by Gasteiger charge is -2.34. The first-order chi connectivity index (χ1) is 10.2. The topological polar surface area (TPSA) is 62.5 Å². The van der Waals surface area contributed by atoms with Crippen LogP contribution in [-0.2, 0) is 0 Å². The standard InChI is InChI=1S/C14H15ClN4OS/c15-11-3-1-2-10(12(11)16)13(20)18-5-7-19(8-6-18)14-17-4-9-21-14/h1-4,9H,5-8,16H2. The highest BCUT2D eigenvalue weighted by atomic mass is 35.5. The fraction of sp³-hybridized carbons (Fsp3) is 0.286. The maximum Gasteiger partial charge on any atom is 0.256 e. The van der Waals surface area contributed by atoms with E-state index in [0.717, 1.165) is 18.2 Å². The molecule has 110 valence electrons. The van der Waals surface area contributed by atoms with Gasteiger partial charge in [-0.3, -0.25) is 4.79 Å². The van der Waals surface area contributed by atoms with E-state index in [1.807, 2.05) is 10.3 Å². The minimum atomic E-state index is -0.0613. The molecule has 1 amide bonds. The van der Waals surface area contributed by atoms with Crippen molar-refractivity contribution in [3.63, 3.8) is 0 Å². The quantitative estimate of drug-likeness (QED) is 0.862. The van der Waals surface area contributed by atoms with Crippen LogP contribution in [-0.4, -0.2) is 42.0 Å². The summed E-state index contributed by atoms with van der Waals surface area (Å²) < 4.78 is 0. The number of halogens is 1. The van der Waals surface area contributed by atoms with Gasteiger partial charge < -0.3 is 15.5 Å². The summed E-state index contributed by atoms with van der Waals surface area (Å²) in [6, 6.07) is 5.16. The summed E-state index contributed by atoms with van der Waals surface area (Å²) in [5, 5.41) is 3.38. The van der Waals surface area contributed by atoms with Gasteiger partial charge in [0.2, 0.25) is 0 Å². The fourth-order valence-corrected chi connectivity index (χ4v) is 3.24. The van der Waals surface area contributed by atoms with Crippen molar-refractivity contribution in [2.75, 3.05) is 36.8 Å². The van der Waals surface area contributed by atoms with Crippen molar-refractivity contribution >= 4 is 39.7 Å². The minimum absolute atomic E-state index is 0.0613. The molecule has 5 nitrogen and oxygen atoms in total. The Bertz CT molecular complexity index is 638. The molecule has 0 radical (unpaired) electrons. The number of para-hydroxylation sites is 1. The SMILES string of the molecule is Nc1c(Cl)cccc1C(=O)N1CCN(c2nccs2)CC1. The molecule has 0 bridgehead atoms. The lowest BCUT2D eigenvalue weighted by molar-refractivity contribution is 0.0748. The number of carbonyl (C=O) groups excluding carboxylic acids is 1. The van der Waals surface area contributed by atoms with E-state index in [2.05, 4.69) is 9.88 Å². The molecule has 0 aliphatic carbocycles. The number of hydrogen-bond acceptors (Lipinski definition) is 5. The van der Waals surface area contributed by atoms with Crippen LogP contribution in [0.5, 0.6) is 0 Å². The fourth-order valence-electron chi connectivity index (χ4n) is 2.37. The summed E-state index contributed by atoms with van der Waals surface area (Å²) in [6.45, 7) is 2.87. The Balaban J connectivity index is 1.69. The maximum atomic E-state index is 12.5. The molecule has 0 unspecified atom stereocenters. The van der Waals surface area contributed by atoms with E-state index in [1.165, 1.54) is 0 Å². The molecule has 3 rings (SSSR count). The Morgan fingerprint density at radius 1 is 1.29 bits per heavy atom. The van der Waals surface area contributed by atoms with E-state index in [-0.39, 0.29) is 5.91 Å². The van der Waals surface area contributed by atoms with Gasteiger partial charge in [-0.25, -0.2) is 4.98 Å². The van der Waals surface area contributed by atoms with Crippen LogP contribution in [0.15, 0.2) is 29.8 Å². The average Bonchev–Trinajstić information content (AvgIpc) is 3.04. The van der Waals surface area contributed by atoms with Crippen molar-refractivity contribution in [3.05, 3.63) is 40.4 Å². The summed E-state index contributed by atoms with van der Waals surface area (Å²) in [4.78, 5) is 20.8.